The Kier molecular flexibility index (Phi) is 5.75. The number of nitrogen functional groups attached to an aromatic ring is 1. The lowest BCUT2D eigenvalue weighted by Gasteiger charge is -2.25. The van der Waals surface area contributed by atoms with Gasteiger partial charge in [-0.3, -0.25) is 9.69 Å². The highest BCUT2D eigenvalue weighted by Crippen LogP contribution is 2.30. The molecule has 0 saturated carbocycles. The molecule has 0 amide bonds. The summed E-state index contributed by atoms with van der Waals surface area (Å²) in [7, 11) is 3.24. The van der Waals surface area contributed by atoms with Gasteiger partial charge >= 0.3 is 0 Å². The Morgan fingerprint density at radius 2 is 1.81 bits per heavy atom. The standard InChI is InChI=1S/C20H24N2O4/c1-24-18-8-5-15(10-19(18)25-2)9-17-13-26-20(12-23)22(17)11-14-3-6-16(21)7-4-14/h3-8,10,12,17,20H,9,11,13,21H2,1-2H3/t17-,20?/m0/s1. The van der Waals surface area contributed by atoms with Crippen molar-refractivity contribution in [1.29, 1.82) is 0 Å². The molecule has 2 atom stereocenters. The second-order valence-electron chi connectivity index (χ2n) is 6.32. The summed E-state index contributed by atoms with van der Waals surface area (Å²) in [5, 5.41) is 0. The quantitative estimate of drug-likeness (QED) is 0.606. The lowest BCUT2D eigenvalue weighted by Crippen LogP contribution is -2.38. The predicted octanol–water partition coefficient (Wildman–Crippen LogP) is 2.25. The van der Waals surface area contributed by atoms with Gasteiger partial charge in [-0.15, -0.1) is 0 Å². The fourth-order valence-corrected chi connectivity index (χ4v) is 3.24. The molecule has 1 heterocycles. The Balaban J connectivity index is 1.77. The van der Waals surface area contributed by atoms with Crippen molar-refractivity contribution < 1.29 is 19.0 Å². The molecule has 1 aliphatic rings. The van der Waals surface area contributed by atoms with Gasteiger partial charge in [0.05, 0.1) is 20.8 Å². The molecule has 1 fully saturated rings. The number of hydrogen-bond donors (Lipinski definition) is 1. The van der Waals surface area contributed by atoms with Crippen LogP contribution in [0.25, 0.3) is 0 Å². The van der Waals surface area contributed by atoms with E-state index in [1.807, 2.05) is 42.5 Å². The van der Waals surface area contributed by atoms with Gasteiger partial charge < -0.3 is 19.9 Å². The molecule has 6 nitrogen and oxygen atoms in total. The van der Waals surface area contributed by atoms with Crippen molar-refractivity contribution in [2.24, 2.45) is 0 Å². The van der Waals surface area contributed by atoms with Gasteiger partial charge in [-0.2, -0.15) is 0 Å². The summed E-state index contributed by atoms with van der Waals surface area (Å²) in [6.45, 7) is 1.13. The van der Waals surface area contributed by atoms with E-state index in [0.717, 1.165) is 29.5 Å². The highest BCUT2D eigenvalue weighted by Gasteiger charge is 2.34. The molecule has 1 aliphatic heterocycles. The maximum atomic E-state index is 11.4. The van der Waals surface area contributed by atoms with Crippen molar-refractivity contribution in [3.8, 4) is 11.5 Å². The van der Waals surface area contributed by atoms with Crippen molar-refractivity contribution >= 4 is 12.0 Å². The first kappa shape index (κ1) is 18.2. The Bertz CT molecular complexity index is 748. The SMILES string of the molecule is COc1ccc(C[C@H]2COC(C=O)N2Cc2ccc(N)cc2)cc1OC. The molecule has 138 valence electrons. The van der Waals surface area contributed by atoms with E-state index in [1.165, 1.54) is 0 Å². The molecule has 3 rings (SSSR count). The number of aldehydes is 1. The summed E-state index contributed by atoms with van der Waals surface area (Å²) >= 11 is 0. The van der Waals surface area contributed by atoms with Crippen molar-refractivity contribution in [3.05, 3.63) is 53.6 Å². The Hall–Kier alpha value is -2.57. The van der Waals surface area contributed by atoms with Crippen LogP contribution in [0.5, 0.6) is 11.5 Å². The van der Waals surface area contributed by atoms with E-state index in [9.17, 15) is 4.79 Å². The van der Waals surface area contributed by atoms with E-state index in [-0.39, 0.29) is 6.04 Å². The summed E-state index contributed by atoms with van der Waals surface area (Å²) < 4.78 is 16.3. The van der Waals surface area contributed by atoms with Crippen LogP contribution in [-0.2, 0) is 22.5 Å². The van der Waals surface area contributed by atoms with Crippen molar-refractivity contribution in [3.63, 3.8) is 0 Å². The van der Waals surface area contributed by atoms with Crippen LogP contribution < -0.4 is 15.2 Å². The lowest BCUT2D eigenvalue weighted by molar-refractivity contribution is -0.122. The van der Waals surface area contributed by atoms with Gasteiger partial charge in [-0.25, -0.2) is 0 Å². The van der Waals surface area contributed by atoms with Gasteiger partial charge in [0, 0.05) is 18.3 Å². The van der Waals surface area contributed by atoms with Crippen molar-refractivity contribution in [2.45, 2.75) is 25.2 Å². The smallest absolute Gasteiger partial charge is 0.167 e. The summed E-state index contributed by atoms with van der Waals surface area (Å²) in [5.74, 6) is 1.39. The zero-order valence-electron chi connectivity index (χ0n) is 15.1. The van der Waals surface area contributed by atoms with E-state index >= 15 is 0 Å². The maximum Gasteiger partial charge on any atom is 0.167 e. The fourth-order valence-electron chi connectivity index (χ4n) is 3.24. The predicted molar refractivity (Wildman–Crippen MR) is 99.2 cm³/mol. The van der Waals surface area contributed by atoms with Crippen LogP contribution >= 0.6 is 0 Å². The van der Waals surface area contributed by atoms with Gasteiger partial charge in [-0.05, 0) is 41.8 Å². The van der Waals surface area contributed by atoms with Gasteiger partial charge in [0.15, 0.2) is 24.0 Å². The highest BCUT2D eigenvalue weighted by molar-refractivity contribution is 5.56. The molecular weight excluding hydrogens is 332 g/mol. The monoisotopic (exact) mass is 356 g/mol. The summed E-state index contributed by atoms with van der Waals surface area (Å²) in [4.78, 5) is 13.5. The lowest BCUT2D eigenvalue weighted by atomic mass is 10.0. The molecule has 0 aromatic heterocycles. The van der Waals surface area contributed by atoms with Crippen LogP contribution in [0, 0.1) is 0 Å². The molecule has 26 heavy (non-hydrogen) atoms. The number of carbonyl (C=O) groups excluding carboxylic acids is 1. The second kappa shape index (κ2) is 8.21. The molecule has 2 N–H and O–H groups in total. The number of nitrogens with two attached hydrogens (primary N) is 1. The number of rotatable bonds is 7. The highest BCUT2D eigenvalue weighted by atomic mass is 16.5. The van der Waals surface area contributed by atoms with Crippen molar-refractivity contribution in [2.75, 3.05) is 26.6 Å². The topological polar surface area (TPSA) is 74.0 Å². The zero-order chi connectivity index (χ0) is 18.5. The van der Waals surface area contributed by atoms with Crippen LogP contribution in [-0.4, -0.2) is 44.3 Å². The summed E-state index contributed by atoms with van der Waals surface area (Å²) in [5.41, 5.74) is 8.67. The number of methoxy groups -OCH3 is 2. The molecule has 6 heteroatoms. The molecule has 1 unspecified atom stereocenters. The average molecular weight is 356 g/mol. The minimum Gasteiger partial charge on any atom is -0.493 e. The maximum absolute atomic E-state index is 11.4. The molecule has 2 aromatic carbocycles. The van der Waals surface area contributed by atoms with E-state index in [2.05, 4.69) is 4.90 Å². The zero-order valence-corrected chi connectivity index (χ0v) is 15.1. The third kappa shape index (κ3) is 3.98. The van der Waals surface area contributed by atoms with Crippen LogP contribution in [0.2, 0.25) is 0 Å². The number of carbonyl (C=O) groups is 1. The van der Waals surface area contributed by atoms with Crippen LogP contribution in [0.15, 0.2) is 42.5 Å². The van der Waals surface area contributed by atoms with Crippen LogP contribution in [0.4, 0.5) is 5.69 Å². The van der Waals surface area contributed by atoms with Gasteiger partial charge in [0.2, 0.25) is 0 Å². The van der Waals surface area contributed by atoms with E-state index in [4.69, 9.17) is 19.9 Å². The number of benzene rings is 2. The normalized spacial score (nSPS) is 20.1. The largest absolute Gasteiger partial charge is 0.493 e. The third-order valence-electron chi connectivity index (χ3n) is 4.64. The minimum absolute atomic E-state index is 0.0980. The molecule has 0 aliphatic carbocycles. The van der Waals surface area contributed by atoms with Crippen LogP contribution in [0.3, 0.4) is 0 Å². The molecular formula is C20H24N2O4. The van der Waals surface area contributed by atoms with Crippen LogP contribution in [0.1, 0.15) is 11.1 Å². The van der Waals surface area contributed by atoms with Crippen molar-refractivity contribution in [1.82, 2.24) is 4.90 Å². The Morgan fingerprint density at radius 3 is 2.46 bits per heavy atom. The Labute approximate surface area is 153 Å². The number of ether oxygens (including phenoxy) is 3. The minimum atomic E-state index is -0.530. The molecule has 2 aromatic rings. The second-order valence-corrected chi connectivity index (χ2v) is 6.32. The molecule has 0 bridgehead atoms. The third-order valence-corrected chi connectivity index (χ3v) is 4.64. The first-order valence-electron chi connectivity index (χ1n) is 8.52. The van der Waals surface area contributed by atoms with E-state index < -0.39 is 6.23 Å². The first-order valence-corrected chi connectivity index (χ1v) is 8.52. The summed E-state index contributed by atoms with van der Waals surface area (Å²) in [6, 6.07) is 13.7. The van der Waals surface area contributed by atoms with E-state index in [0.29, 0.717) is 24.7 Å². The van der Waals surface area contributed by atoms with Gasteiger partial charge in [0.25, 0.3) is 0 Å². The molecule has 0 spiro atoms. The molecule has 0 radical (unpaired) electrons. The fraction of sp³-hybridized carbons (Fsp3) is 0.350. The Morgan fingerprint density at radius 1 is 1.12 bits per heavy atom. The number of anilines is 1. The average Bonchev–Trinajstić information content (AvgIpc) is 3.04. The van der Waals surface area contributed by atoms with E-state index in [1.54, 1.807) is 14.2 Å². The summed E-state index contributed by atoms with van der Waals surface area (Å²) in [6.07, 6.45) is 1.07. The van der Waals surface area contributed by atoms with Gasteiger partial charge in [0.1, 0.15) is 0 Å². The van der Waals surface area contributed by atoms with Gasteiger partial charge in [-0.1, -0.05) is 18.2 Å². The molecule has 1 saturated heterocycles. The first-order chi connectivity index (χ1) is 12.6. The number of nitrogens with zero attached hydrogens (tertiary/aromatic N) is 1. The number of hydrogen-bond acceptors (Lipinski definition) is 6.